The smallest absolute Gasteiger partial charge is 0.294 e. The van der Waals surface area contributed by atoms with Gasteiger partial charge in [-0.2, -0.15) is 0 Å². The predicted molar refractivity (Wildman–Crippen MR) is 118 cm³/mol. The van der Waals surface area contributed by atoms with Crippen molar-refractivity contribution < 1.29 is 19.3 Å². The highest BCUT2D eigenvalue weighted by Crippen LogP contribution is 2.33. The van der Waals surface area contributed by atoms with E-state index in [-0.39, 0.29) is 10.6 Å². The highest BCUT2D eigenvalue weighted by molar-refractivity contribution is 9.10. The lowest BCUT2D eigenvalue weighted by Gasteiger charge is -2.14. The van der Waals surface area contributed by atoms with Gasteiger partial charge in [0.25, 0.3) is 16.8 Å². The summed E-state index contributed by atoms with van der Waals surface area (Å²) in [5, 5.41) is 13.2. The minimum absolute atomic E-state index is 0.0935. The minimum Gasteiger partial charge on any atom is -0.324 e. The number of halogens is 1. The Hall–Kier alpha value is -2.98. The van der Waals surface area contributed by atoms with Crippen LogP contribution in [0.25, 0.3) is 6.08 Å². The molecule has 2 aromatic rings. The van der Waals surface area contributed by atoms with Crippen LogP contribution in [0.4, 0.5) is 16.2 Å². The Morgan fingerprint density at radius 3 is 2.63 bits per heavy atom. The first-order valence-electron chi connectivity index (χ1n) is 8.72. The zero-order valence-electron chi connectivity index (χ0n) is 16.0. The molecule has 0 saturated carbocycles. The molecule has 1 heterocycles. The largest absolute Gasteiger partial charge is 0.324 e. The Morgan fingerprint density at radius 1 is 1.23 bits per heavy atom. The number of rotatable bonds is 5. The van der Waals surface area contributed by atoms with Crippen LogP contribution >= 0.6 is 27.7 Å². The van der Waals surface area contributed by atoms with Crippen molar-refractivity contribution in [2.24, 2.45) is 0 Å². The van der Waals surface area contributed by atoms with Gasteiger partial charge in [0.05, 0.1) is 14.3 Å². The fourth-order valence-corrected chi connectivity index (χ4v) is 4.06. The van der Waals surface area contributed by atoms with E-state index in [4.69, 9.17) is 0 Å². The van der Waals surface area contributed by atoms with E-state index in [1.165, 1.54) is 18.2 Å². The van der Waals surface area contributed by atoms with E-state index >= 15 is 0 Å². The fourth-order valence-electron chi connectivity index (χ4n) is 2.83. The Labute approximate surface area is 184 Å². The number of benzene rings is 2. The van der Waals surface area contributed by atoms with Crippen molar-refractivity contribution in [3.63, 3.8) is 0 Å². The number of aryl methyl sites for hydroxylation is 2. The molecular formula is C20H16BrN3O5S. The molecule has 0 unspecified atom stereocenters. The number of amides is 3. The van der Waals surface area contributed by atoms with Gasteiger partial charge in [-0.1, -0.05) is 23.8 Å². The second-order valence-electron chi connectivity index (χ2n) is 6.60. The van der Waals surface area contributed by atoms with Gasteiger partial charge in [-0.05, 0) is 70.9 Å². The summed E-state index contributed by atoms with van der Waals surface area (Å²) in [7, 11) is 0. The van der Waals surface area contributed by atoms with Crippen LogP contribution in [-0.2, 0) is 9.59 Å². The molecule has 0 atom stereocenters. The van der Waals surface area contributed by atoms with Crippen molar-refractivity contribution in [3.05, 3.63) is 72.6 Å². The lowest BCUT2D eigenvalue weighted by Crippen LogP contribution is -2.36. The number of thioether (sulfide) groups is 1. The van der Waals surface area contributed by atoms with E-state index in [0.29, 0.717) is 27.5 Å². The SMILES string of the molecule is Cc1ccc(NC(=O)CN2C(=O)S/C(=C\c3ccc(Br)c([N+](=O)[O-])c3)C2=O)c(C)c1. The molecular weight excluding hydrogens is 474 g/mol. The summed E-state index contributed by atoms with van der Waals surface area (Å²) < 4.78 is 0.306. The van der Waals surface area contributed by atoms with Gasteiger partial charge in [0.2, 0.25) is 5.91 Å². The molecule has 2 aromatic carbocycles. The first-order valence-corrected chi connectivity index (χ1v) is 10.3. The third-order valence-electron chi connectivity index (χ3n) is 4.30. The summed E-state index contributed by atoms with van der Waals surface area (Å²) >= 11 is 3.78. The number of nitro groups is 1. The Balaban J connectivity index is 1.74. The molecule has 1 saturated heterocycles. The number of anilines is 1. The molecule has 0 spiro atoms. The van der Waals surface area contributed by atoms with Crippen LogP contribution in [0.5, 0.6) is 0 Å². The van der Waals surface area contributed by atoms with E-state index in [9.17, 15) is 24.5 Å². The maximum Gasteiger partial charge on any atom is 0.294 e. The lowest BCUT2D eigenvalue weighted by molar-refractivity contribution is -0.385. The number of hydrogen-bond donors (Lipinski definition) is 1. The van der Waals surface area contributed by atoms with Crippen LogP contribution in [0.3, 0.4) is 0 Å². The standard InChI is InChI=1S/C20H16BrN3O5S/c1-11-3-6-15(12(2)7-11)22-18(25)10-23-19(26)17(30-20(23)27)9-13-4-5-14(21)16(8-13)24(28)29/h3-9H,10H2,1-2H3,(H,22,25)/b17-9-. The molecule has 1 N–H and O–H groups in total. The van der Waals surface area contributed by atoms with Crippen LogP contribution in [-0.4, -0.2) is 33.4 Å². The van der Waals surface area contributed by atoms with E-state index in [2.05, 4.69) is 21.2 Å². The number of nitro benzene ring substituents is 1. The van der Waals surface area contributed by atoms with Gasteiger partial charge in [-0.3, -0.25) is 29.4 Å². The second kappa shape index (κ2) is 8.80. The summed E-state index contributed by atoms with van der Waals surface area (Å²) in [6.07, 6.45) is 1.40. The van der Waals surface area contributed by atoms with Crippen LogP contribution in [0.1, 0.15) is 16.7 Å². The Kier molecular flexibility index (Phi) is 6.37. The van der Waals surface area contributed by atoms with Gasteiger partial charge >= 0.3 is 0 Å². The van der Waals surface area contributed by atoms with E-state index in [1.54, 1.807) is 12.1 Å². The first-order chi connectivity index (χ1) is 14.2. The topological polar surface area (TPSA) is 110 Å². The van der Waals surface area contributed by atoms with Gasteiger partial charge in [-0.25, -0.2) is 0 Å². The number of carbonyl (C=O) groups excluding carboxylic acids is 3. The average Bonchev–Trinajstić information content (AvgIpc) is 2.92. The molecule has 1 fully saturated rings. The highest BCUT2D eigenvalue weighted by atomic mass is 79.9. The van der Waals surface area contributed by atoms with Crippen LogP contribution in [0.2, 0.25) is 0 Å². The summed E-state index contributed by atoms with van der Waals surface area (Å²) in [6, 6.07) is 9.89. The van der Waals surface area contributed by atoms with Crippen molar-refractivity contribution >= 4 is 62.2 Å². The molecule has 1 aliphatic rings. The molecule has 30 heavy (non-hydrogen) atoms. The number of hydrogen-bond acceptors (Lipinski definition) is 6. The minimum atomic E-state index is -0.619. The van der Waals surface area contributed by atoms with Crippen molar-refractivity contribution in [2.45, 2.75) is 13.8 Å². The zero-order chi connectivity index (χ0) is 22.0. The monoisotopic (exact) mass is 489 g/mol. The van der Waals surface area contributed by atoms with E-state index in [0.717, 1.165) is 16.0 Å². The molecule has 0 aromatic heterocycles. The van der Waals surface area contributed by atoms with Crippen LogP contribution in [0.15, 0.2) is 45.8 Å². The fraction of sp³-hybridized carbons (Fsp3) is 0.150. The van der Waals surface area contributed by atoms with Crippen molar-refractivity contribution in [1.29, 1.82) is 0 Å². The molecule has 3 rings (SSSR count). The molecule has 0 aliphatic carbocycles. The van der Waals surface area contributed by atoms with Crippen molar-refractivity contribution in [1.82, 2.24) is 4.90 Å². The highest BCUT2D eigenvalue weighted by Gasteiger charge is 2.36. The number of nitrogens with one attached hydrogen (secondary N) is 1. The van der Waals surface area contributed by atoms with E-state index < -0.39 is 28.5 Å². The lowest BCUT2D eigenvalue weighted by atomic mass is 10.1. The van der Waals surface area contributed by atoms with Gasteiger partial charge in [-0.15, -0.1) is 0 Å². The Morgan fingerprint density at radius 2 is 1.97 bits per heavy atom. The molecule has 3 amide bonds. The summed E-state index contributed by atoms with van der Waals surface area (Å²) in [6.45, 7) is 3.37. The van der Waals surface area contributed by atoms with Crippen molar-refractivity contribution in [3.8, 4) is 0 Å². The quantitative estimate of drug-likeness (QED) is 0.371. The van der Waals surface area contributed by atoms with Gasteiger partial charge in [0, 0.05) is 11.8 Å². The molecule has 1 aliphatic heterocycles. The predicted octanol–water partition coefficient (Wildman–Crippen LogP) is 4.65. The normalized spacial score (nSPS) is 15.0. The molecule has 10 heteroatoms. The third-order valence-corrected chi connectivity index (χ3v) is 5.87. The molecule has 8 nitrogen and oxygen atoms in total. The Bertz CT molecular complexity index is 1120. The maximum absolute atomic E-state index is 12.6. The number of imide groups is 1. The van der Waals surface area contributed by atoms with Gasteiger partial charge < -0.3 is 5.32 Å². The summed E-state index contributed by atoms with van der Waals surface area (Å²) in [4.78, 5) is 48.7. The zero-order valence-corrected chi connectivity index (χ0v) is 18.4. The first kappa shape index (κ1) is 21.7. The number of carbonyl (C=O) groups is 3. The molecule has 154 valence electrons. The molecule has 0 bridgehead atoms. The maximum atomic E-state index is 12.6. The summed E-state index contributed by atoms with van der Waals surface area (Å²) in [5.41, 5.74) is 2.77. The van der Waals surface area contributed by atoms with E-state index in [1.807, 2.05) is 26.0 Å². The molecule has 0 radical (unpaired) electrons. The second-order valence-corrected chi connectivity index (χ2v) is 8.45. The van der Waals surface area contributed by atoms with Crippen molar-refractivity contribution in [2.75, 3.05) is 11.9 Å². The third kappa shape index (κ3) is 4.77. The number of nitrogens with zero attached hydrogens (tertiary/aromatic N) is 2. The van der Waals surface area contributed by atoms with Gasteiger partial charge in [0.1, 0.15) is 6.54 Å². The average molecular weight is 490 g/mol. The van der Waals surface area contributed by atoms with Crippen LogP contribution in [0, 0.1) is 24.0 Å². The van der Waals surface area contributed by atoms with Crippen LogP contribution < -0.4 is 5.32 Å². The van der Waals surface area contributed by atoms with Gasteiger partial charge in [0.15, 0.2) is 0 Å². The summed E-state index contributed by atoms with van der Waals surface area (Å²) in [5.74, 6) is -1.11.